The number of benzene rings is 1. The Morgan fingerprint density at radius 1 is 1.09 bits per heavy atom. The number of nitrogens with one attached hydrogen (secondary N) is 2. The van der Waals surface area contributed by atoms with Crippen LogP contribution in [0.2, 0.25) is 0 Å². The van der Waals surface area contributed by atoms with E-state index < -0.39 is 28.7 Å². The number of non-ortho nitro benzene ring substituents is 1. The number of dihydropyridines is 1. The fraction of sp³-hybridized carbons (Fsp3) is 0.250. The smallest absolute Gasteiger partial charge is 0.336 e. The van der Waals surface area contributed by atoms with Gasteiger partial charge in [-0.1, -0.05) is 18.2 Å². The zero-order chi connectivity index (χ0) is 25.5. The van der Waals surface area contributed by atoms with Crippen LogP contribution < -0.4 is 10.6 Å². The van der Waals surface area contributed by atoms with E-state index in [2.05, 4.69) is 15.6 Å². The van der Waals surface area contributed by atoms with E-state index in [1.54, 1.807) is 38.1 Å². The number of carbonyl (C=O) groups excluding carboxylic acids is 3. The second-order valence-electron chi connectivity index (χ2n) is 7.59. The number of hydrogen-bond donors (Lipinski definition) is 2. The number of carbonyl (C=O) groups is 3. The van der Waals surface area contributed by atoms with Crippen molar-refractivity contribution in [3.63, 3.8) is 0 Å². The Balaban J connectivity index is 1.83. The van der Waals surface area contributed by atoms with Crippen LogP contribution in [0.3, 0.4) is 0 Å². The Labute approximate surface area is 201 Å². The molecule has 11 nitrogen and oxygen atoms in total. The van der Waals surface area contributed by atoms with Crippen LogP contribution in [0, 0.1) is 10.1 Å². The fourth-order valence-electron chi connectivity index (χ4n) is 3.77. The van der Waals surface area contributed by atoms with Crippen LogP contribution >= 0.6 is 0 Å². The maximum absolute atomic E-state index is 13.1. The van der Waals surface area contributed by atoms with Crippen LogP contribution in [0.25, 0.3) is 0 Å². The average Bonchev–Trinajstić information content (AvgIpc) is 2.86. The lowest BCUT2D eigenvalue weighted by Crippen LogP contribution is -2.33. The largest absolute Gasteiger partial charge is 0.466 e. The van der Waals surface area contributed by atoms with Gasteiger partial charge in [0.05, 0.1) is 35.6 Å². The molecule has 0 fully saturated rings. The maximum atomic E-state index is 13.1. The first kappa shape index (κ1) is 25.1. The predicted molar refractivity (Wildman–Crippen MR) is 124 cm³/mol. The topological polar surface area (TPSA) is 150 Å². The lowest BCUT2D eigenvalue weighted by Gasteiger charge is -2.30. The van der Waals surface area contributed by atoms with Gasteiger partial charge in [0.1, 0.15) is 12.3 Å². The van der Waals surface area contributed by atoms with Crippen molar-refractivity contribution in [3.8, 4) is 0 Å². The SMILES string of the molecule is COC(=O)C1=C(C)NC(C)=C(C(=O)OCCNC(=O)c2ccccn2)C1c1cccc([N+](=O)[O-])c1. The first-order chi connectivity index (χ1) is 16.7. The summed E-state index contributed by atoms with van der Waals surface area (Å²) in [6.45, 7) is 3.17. The Hall–Kier alpha value is -4.54. The third-order valence-electron chi connectivity index (χ3n) is 5.32. The molecule has 1 aliphatic rings. The van der Waals surface area contributed by atoms with Crippen molar-refractivity contribution >= 4 is 23.5 Å². The van der Waals surface area contributed by atoms with E-state index in [0.29, 0.717) is 17.0 Å². The molecule has 11 heteroatoms. The summed E-state index contributed by atoms with van der Waals surface area (Å²) in [7, 11) is 1.21. The van der Waals surface area contributed by atoms with Gasteiger partial charge in [-0.05, 0) is 31.5 Å². The molecule has 1 aromatic carbocycles. The highest BCUT2D eigenvalue weighted by atomic mass is 16.6. The minimum Gasteiger partial charge on any atom is -0.466 e. The molecule has 1 atom stereocenters. The molecular formula is C24H24N4O7. The number of allylic oxidation sites excluding steroid dienone is 2. The predicted octanol–water partition coefficient (Wildman–Crippen LogP) is 2.37. The second-order valence-corrected chi connectivity index (χ2v) is 7.59. The van der Waals surface area contributed by atoms with Crippen molar-refractivity contribution in [1.82, 2.24) is 15.6 Å². The van der Waals surface area contributed by atoms with Gasteiger partial charge >= 0.3 is 11.9 Å². The van der Waals surface area contributed by atoms with Crippen molar-refractivity contribution in [1.29, 1.82) is 0 Å². The molecule has 0 radical (unpaired) electrons. The number of pyridine rings is 1. The zero-order valence-corrected chi connectivity index (χ0v) is 19.4. The molecule has 0 spiro atoms. The van der Waals surface area contributed by atoms with Gasteiger partial charge in [-0.15, -0.1) is 0 Å². The summed E-state index contributed by atoms with van der Waals surface area (Å²) in [5, 5.41) is 16.9. The molecular weight excluding hydrogens is 456 g/mol. The van der Waals surface area contributed by atoms with E-state index in [0.717, 1.165) is 0 Å². The van der Waals surface area contributed by atoms with Gasteiger partial charge in [0.15, 0.2) is 0 Å². The third-order valence-corrected chi connectivity index (χ3v) is 5.32. The third kappa shape index (κ3) is 5.69. The summed E-state index contributed by atoms with van der Waals surface area (Å²) in [6, 6.07) is 10.6. The summed E-state index contributed by atoms with van der Waals surface area (Å²) < 4.78 is 10.3. The molecule has 35 heavy (non-hydrogen) atoms. The summed E-state index contributed by atoms with van der Waals surface area (Å²) in [5.74, 6) is -2.81. The van der Waals surface area contributed by atoms with E-state index in [9.17, 15) is 24.5 Å². The number of nitro benzene ring substituents is 1. The van der Waals surface area contributed by atoms with Crippen LogP contribution in [0.5, 0.6) is 0 Å². The number of methoxy groups -OCH3 is 1. The number of amides is 1. The molecule has 1 aromatic heterocycles. The van der Waals surface area contributed by atoms with Crippen LogP contribution in [0.4, 0.5) is 5.69 Å². The van der Waals surface area contributed by atoms with Gasteiger partial charge in [-0.2, -0.15) is 0 Å². The summed E-state index contributed by atoms with van der Waals surface area (Å²) in [4.78, 5) is 52.6. The van der Waals surface area contributed by atoms with Crippen molar-refractivity contribution in [2.24, 2.45) is 0 Å². The van der Waals surface area contributed by atoms with Crippen molar-refractivity contribution in [2.45, 2.75) is 19.8 Å². The van der Waals surface area contributed by atoms with Crippen molar-refractivity contribution < 1.29 is 28.8 Å². The van der Waals surface area contributed by atoms with Crippen LogP contribution in [0.1, 0.15) is 35.8 Å². The Morgan fingerprint density at radius 2 is 1.80 bits per heavy atom. The average molecular weight is 480 g/mol. The molecule has 1 unspecified atom stereocenters. The highest BCUT2D eigenvalue weighted by Gasteiger charge is 2.38. The molecule has 182 valence electrons. The molecule has 0 saturated carbocycles. The molecule has 1 aliphatic heterocycles. The Kier molecular flexibility index (Phi) is 7.92. The first-order valence-electron chi connectivity index (χ1n) is 10.6. The molecule has 0 aliphatic carbocycles. The normalized spacial score (nSPS) is 15.2. The number of hydrogen-bond acceptors (Lipinski definition) is 9. The molecule has 0 bridgehead atoms. The standard InChI is InChI=1S/C24H24N4O7/c1-14-19(23(30)34-3)21(16-7-6-8-17(13-16)28(32)33)20(15(2)27-14)24(31)35-12-11-26-22(29)18-9-4-5-10-25-18/h4-10,13,21,27H,11-12H2,1-3H3,(H,26,29). The summed E-state index contributed by atoms with van der Waals surface area (Å²) >= 11 is 0. The summed E-state index contributed by atoms with van der Waals surface area (Å²) in [6.07, 6.45) is 1.49. The molecule has 1 amide bonds. The number of nitrogens with zero attached hydrogens (tertiary/aromatic N) is 2. The van der Waals surface area contributed by atoms with Crippen LogP contribution in [0.15, 0.2) is 71.2 Å². The van der Waals surface area contributed by atoms with Crippen LogP contribution in [-0.4, -0.2) is 48.0 Å². The van der Waals surface area contributed by atoms with E-state index in [1.807, 2.05) is 0 Å². The minimum atomic E-state index is -0.959. The second kappa shape index (κ2) is 11.1. The van der Waals surface area contributed by atoms with E-state index in [-0.39, 0.29) is 35.7 Å². The number of nitro groups is 1. The van der Waals surface area contributed by atoms with E-state index in [1.165, 1.54) is 31.5 Å². The Morgan fingerprint density at radius 3 is 2.43 bits per heavy atom. The molecule has 3 rings (SSSR count). The quantitative estimate of drug-likeness (QED) is 0.251. The molecule has 2 aromatic rings. The first-order valence-corrected chi connectivity index (χ1v) is 10.6. The van der Waals surface area contributed by atoms with Gasteiger partial charge < -0.3 is 20.1 Å². The fourth-order valence-corrected chi connectivity index (χ4v) is 3.77. The van der Waals surface area contributed by atoms with Crippen molar-refractivity contribution in [2.75, 3.05) is 20.3 Å². The lowest BCUT2D eigenvalue weighted by atomic mass is 9.80. The van der Waals surface area contributed by atoms with Crippen LogP contribution in [-0.2, 0) is 19.1 Å². The summed E-state index contributed by atoms with van der Waals surface area (Å²) in [5.41, 5.74) is 1.50. The van der Waals surface area contributed by atoms with Gasteiger partial charge in [-0.25, -0.2) is 9.59 Å². The number of rotatable bonds is 8. The van der Waals surface area contributed by atoms with Gasteiger partial charge in [0.25, 0.3) is 11.6 Å². The van der Waals surface area contributed by atoms with Gasteiger partial charge in [0, 0.05) is 29.7 Å². The highest BCUT2D eigenvalue weighted by Crippen LogP contribution is 2.40. The lowest BCUT2D eigenvalue weighted by molar-refractivity contribution is -0.384. The Bertz CT molecular complexity index is 1220. The highest BCUT2D eigenvalue weighted by molar-refractivity contribution is 6.00. The van der Waals surface area contributed by atoms with Gasteiger partial charge in [0.2, 0.25) is 0 Å². The van der Waals surface area contributed by atoms with E-state index >= 15 is 0 Å². The molecule has 0 saturated heterocycles. The number of ether oxygens (including phenoxy) is 2. The monoisotopic (exact) mass is 480 g/mol. The molecule has 2 heterocycles. The number of esters is 2. The minimum absolute atomic E-state index is 0.0289. The maximum Gasteiger partial charge on any atom is 0.336 e. The number of aromatic nitrogens is 1. The van der Waals surface area contributed by atoms with Gasteiger partial charge in [-0.3, -0.25) is 19.9 Å². The zero-order valence-electron chi connectivity index (χ0n) is 19.4. The van der Waals surface area contributed by atoms with Crippen molar-refractivity contribution in [3.05, 3.63) is 92.6 Å². The molecule has 2 N–H and O–H groups in total. The van der Waals surface area contributed by atoms with E-state index in [4.69, 9.17) is 9.47 Å².